The predicted molar refractivity (Wildman–Crippen MR) is 141 cm³/mol. The van der Waals surface area contributed by atoms with E-state index in [1.807, 2.05) is 48.5 Å². The number of fused-ring (bicyclic) bond motifs is 1. The quantitative estimate of drug-likeness (QED) is 0.338. The van der Waals surface area contributed by atoms with Crippen LogP contribution in [-0.2, 0) is 11.3 Å². The minimum absolute atomic E-state index is 0.119. The van der Waals surface area contributed by atoms with E-state index in [9.17, 15) is 9.65 Å². The molecule has 3 aromatic rings. The van der Waals surface area contributed by atoms with Gasteiger partial charge in [0.2, 0.25) is 5.88 Å². The second-order valence-electron chi connectivity index (χ2n) is 9.47. The van der Waals surface area contributed by atoms with E-state index in [1.54, 1.807) is 18.2 Å². The summed E-state index contributed by atoms with van der Waals surface area (Å²) in [5, 5.41) is 10.0. The van der Waals surface area contributed by atoms with E-state index in [1.165, 1.54) is 6.07 Å². The van der Waals surface area contributed by atoms with E-state index in [0.717, 1.165) is 29.7 Å². The average Bonchev–Trinajstić information content (AvgIpc) is 3.36. The maximum absolute atomic E-state index is 14.0. The second kappa shape index (κ2) is 11.5. The smallest absolute Gasteiger partial charge is 0.200 e. The van der Waals surface area contributed by atoms with Crippen LogP contribution in [0.15, 0.2) is 84.3 Å². The Morgan fingerprint density at radius 2 is 1.63 bits per heavy atom. The first kappa shape index (κ1) is 25.6. The number of hydrogen-bond donors (Lipinski definition) is 3. The summed E-state index contributed by atoms with van der Waals surface area (Å²) in [5.41, 5.74) is 15.6. The Hall–Kier alpha value is -4.06. The third-order valence-electron chi connectivity index (χ3n) is 7.05. The molecule has 0 bridgehead atoms. The molecule has 7 nitrogen and oxygen atoms in total. The standard InChI is InChI=1S/C30H31FN4O3/c1-2-3-16-36-22-14-10-20(11-15-22)28-27-26(24(17-32)29(33)38-30(27)35-34-28)19-8-12-23(13-9-19)37-18-21-6-4-5-7-25(21)31/h4-15,26-28,30,34-35H,2-3,16,18,33H2,1H3. The first-order chi connectivity index (χ1) is 18.6. The Morgan fingerprint density at radius 1 is 0.947 bits per heavy atom. The molecule has 196 valence electrons. The van der Waals surface area contributed by atoms with Gasteiger partial charge in [-0.2, -0.15) is 5.26 Å². The second-order valence-corrected chi connectivity index (χ2v) is 9.47. The summed E-state index contributed by atoms with van der Waals surface area (Å²) >= 11 is 0. The Kier molecular flexibility index (Phi) is 7.78. The van der Waals surface area contributed by atoms with Crippen LogP contribution in [0.3, 0.4) is 0 Å². The molecule has 4 N–H and O–H groups in total. The number of hydrazine groups is 1. The lowest BCUT2D eigenvalue weighted by molar-refractivity contribution is 0.0340. The van der Waals surface area contributed by atoms with Crippen molar-refractivity contribution in [2.24, 2.45) is 11.7 Å². The van der Waals surface area contributed by atoms with Crippen molar-refractivity contribution in [2.75, 3.05) is 6.61 Å². The van der Waals surface area contributed by atoms with Crippen LogP contribution in [0.5, 0.6) is 11.5 Å². The lowest BCUT2D eigenvalue weighted by Gasteiger charge is -2.36. The molecule has 3 aromatic carbocycles. The minimum Gasteiger partial charge on any atom is -0.494 e. The number of nitrogens with zero attached hydrogens (tertiary/aromatic N) is 1. The van der Waals surface area contributed by atoms with Crippen molar-refractivity contribution in [3.8, 4) is 17.6 Å². The molecule has 2 aliphatic rings. The molecule has 2 heterocycles. The van der Waals surface area contributed by atoms with Gasteiger partial charge < -0.3 is 19.9 Å². The molecule has 1 fully saturated rings. The van der Waals surface area contributed by atoms with Crippen molar-refractivity contribution < 1.29 is 18.6 Å². The SMILES string of the molecule is CCCCOc1ccc(C2NNC3OC(N)=C(C#N)C(c4ccc(OCc5ccccc5F)cc4)C32)cc1. The van der Waals surface area contributed by atoms with Crippen molar-refractivity contribution in [2.45, 2.75) is 44.6 Å². The molecule has 4 unspecified atom stereocenters. The summed E-state index contributed by atoms with van der Waals surface area (Å²) in [6.45, 7) is 2.95. The fourth-order valence-electron chi connectivity index (χ4n) is 5.03. The van der Waals surface area contributed by atoms with Crippen molar-refractivity contribution >= 4 is 0 Å². The van der Waals surface area contributed by atoms with Crippen LogP contribution in [0.4, 0.5) is 4.39 Å². The molecular weight excluding hydrogens is 483 g/mol. The molecule has 0 saturated carbocycles. The van der Waals surface area contributed by atoms with Crippen LogP contribution in [0.1, 0.15) is 48.4 Å². The molecule has 0 amide bonds. The van der Waals surface area contributed by atoms with Gasteiger partial charge in [0, 0.05) is 17.4 Å². The van der Waals surface area contributed by atoms with Crippen molar-refractivity contribution in [3.05, 3.63) is 107 Å². The number of hydrogen-bond acceptors (Lipinski definition) is 7. The molecule has 1 saturated heterocycles. The average molecular weight is 515 g/mol. The van der Waals surface area contributed by atoms with Gasteiger partial charge in [0.15, 0.2) is 6.23 Å². The van der Waals surface area contributed by atoms with E-state index >= 15 is 0 Å². The zero-order chi connectivity index (χ0) is 26.5. The first-order valence-corrected chi connectivity index (χ1v) is 12.9. The number of nitrogens with one attached hydrogen (secondary N) is 2. The molecule has 0 radical (unpaired) electrons. The summed E-state index contributed by atoms with van der Waals surface area (Å²) < 4.78 is 31.5. The third-order valence-corrected chi connectivity index (χ3v) is 7.05. The monoisotopic (exact) mass is 514 g/mol. The number of allylic oxidation sites excluding steroid dienone is 1. The van der Waals surface area contributed by atoms with Crippen LogP contribution in [0.2, 0.25) is 0 Å². The van der Waals surface area contributed by atoms with E-state index in [0.29, 0.717) is 23.5 Å². The Labute approximate surface area is 222 Å². The van der Waals surface area contributed by atoms with Gasteiger partial charge in [0.1, 0.15) is 30.0 Å². The molecular formula is C30H31FN4O3. The van der Waals surface area contributed by atoms with E-state index in [4.69, 9.17) is 19.9 Å². The number of halogens is 1. The van der Waals surface area contributed by atoms with Gasteiger partial charge >= 0.3 is 0 Å². The molecule has 5 rings (SSSR count). The molecule has 38 heavy (non-hydrogen) atoms. The zero-order valence-corrected chi connectivity index (χ0v) is 21.2. The van der Waals surface area contributed by atoms with Gasteiger partial charge in [-0.15, -0.1) is 0 Å². The summed E-state index contributed by atoms with van der Waals surface area (Å²) in [4.78, 5) is 0. The number of ether oxygens (including phenoxy) is 3. The minimum atomic E-state index is -0.417. The zero-order valence-electron chi connectivity index (χ0n) is 21.2. The fourth-order valence-corrected chi connectivity index (χ4v) is 5.03. The number of rotatable bonds is 9. The maximum Gasteiger partial charge on any atom is 0.200 e. The first-order valence-electron chi connectivity index (χ1n) is 12.9. The highest BCUT2D eigenvalue weighted by molar-refractivity contribution is 5.44. The van der Waals surface area contributed by atoms with Crippen LogP contribution in [0.25, 0.3) is 0 Å². The highest BCUT2D eigenvalue weighted by Crippen LogP contribution is 2.47. The van der Waals surface area contributed by atoms with Gasteiger partial charge in [-0.25, -0.2) is 15.2 Å². The van der Waals surface area contributed by atoms with Crippen molar-refractivity contribution in [1.29, 1.82) is 5.26 Å². The lowest BCUT2D eigenvalue weighted by atomic mass is 9.74. The molecule has 2 aliphatic heterocycles. The predicted octanol–water partition coefficient (Wildman–Crippen LogP) is 5.18. The number of unbranched alkanes of at least 4 members (excludes halogenated alkanes) is 1. The highest BCUT2D eigenvalue weighted by Gasteiger charge is 2.49. The van der Waals surface area contributed by atoms with Gasteiger partial charge in [0.05, 0.1) is 18.2 Å². The number of nitrogens with two attached hydrogens (primary N) is 1. The van der Waals surface area contributed by atoms with Gasteiger partial charge in [-0.3, -0.25) is 0 Å². The lowest BCUT2D eigenvalue weighted by Crippen LogP contribution is -2.40. The van der Waals surface area contributed by atoms with Gasteiger partial charge in [-0.05, 0) is 47.9 Å². The number of nitriles is 1. The summed E-state index contributed by atoms with van der Waals surface area (Å²) in [7, 11) is 0. The fraction of sp³-hybridized carbons (Fsp3) is 0.300. The molecule has 0 aromatic heterocycles. The number of benzene rings is 3. The maximum atomic E-state index is 14.0. The van der Waals surface area contributed by atoms with Crippen LogP contribution < -0.4 is 26.1 Å². The Balaban J connectivity index is 1.37. The van der Waals surface area contributed by atoms with E-state index < -0.39 is 6.23 Å². The summed E-state index contributed by atoms with van der Waals surface area (Å²) in [5.74, 6) is 0.794. The summed E-state index contributed by atoms with van der Waals surface area (Å²) in [6.07, 6.45) is 1.67. The largest absolute Gasteiger partial charge is 0.494 e. The van der Waals surface area contributed by atoms with Crippen LogP contribution >= 0.6 is 0 Å². The van der Waals surface area contributed by atoms with Crippen LogP contribution in [-0.4, -0.2) is 12.8 Å². The van der Waals surface area contributed by atoms with Crippen molar-refractivity contribution in [3.63, 3.8) is 0 Å². The molecule has 0 aliphatic carbocycles. The normalized spacial score (nSPS) is 22.3. The molecule has 8 heteroatoms. The molecule has 0 spiro atoms. The van der Waals surface area contributed by atoms with E-state index in [2.05, 4.69) is 23.8 Å². The van der Waals surface area contributed by atoms with E-state index in [-0.39, 0.29) is 36.2 Å². The van der Waals surface area contributed by atoms with Crippen LogP contribution in [0, 0.1) is 23.1 Å². The third kappa shape index (κ3) is 5.30. The van der Waals surface area contributed by atoms with Gasteiger partial charge in [-0.1, -0.05) is 55.8 Å². The topological polar surface area (TPSA) is 102 Å². The molecule has 4 atom stereocenters. The van der Waals surface area contributed by atoms with Gasteiger partial charge in [0.25, 0.3) is 0 Å². The highest BCUT2D eigenvalue weighted by atomic mass is 19.1. The van der Waals surface area contributed by atoms with Crippen molar-refractivity contribution in [1.82, 2.24) is 10.9 Å². The summed E-state index contributed by atoms with van der Waals surface area (Å²) in [6, 6.07) is 24.2. The Bertz CT molecular complexity index is 1320. The Morgan fingerprint density at radius 3 is 2.32 bits per heavy atom.